The first-order valence-electron chi connectivity index (χ1n) is 6.89. The van der Waals surface area contributed by atoms with Gasteiger partial charge in [0.15, 0.2) is 0 Å². The number of nitrogens with two attached hydrogens (primary N) is 1. The van der Waals surface area contributed by atoms with E-state index in [1.807, 2.05) is 24.6 Å². The fourth-order valence-electron chi connectivity index (χ4n) is 2.28. The smallest absolute Gasteiger partial charge is 0.272 e. The van der Waals surface area contributed by atoms with Crippen molar-refractivity contribution in [1.82, 2.24) is 4.57 Å². The van der Waals surface area contributed by atoms with Gasteiger partial charge in [-0.2, -0.15) is 0 Å². The van der Waals surface area contributed by atoms with Crippen molar-refractivity contribution in [2.45, 2.75) is 26.8 Å². The van der Waals surface area contributed by atoms with Gasteiger partial charge >= 0.3 is 0 Å². The summed E-state index contributed by atoms with van der Waals surface area (Å²) in [6.45, 7) is 5.76. The maximum Gasteiger partial charge on any atom is 0.272 e. The molecule has 0 radical (unpaired) electrons. The zero-order valence-electron chi connectivity index (χ0n) is 12.7. The molecule has 0 aliphatic rings. The molecule has 2 aromatic rings. The van der Waals surface area contributed by atoms with Crippen LogP contribution in [-0.2, 0) is 0 Å². The molecule has 116 valence electrons. The number of benzene rings is 1. The Bertz CT molecular complexity index is 735. The summed E-state index contributed by atoms with van der Waals surface area (Å²) < 4.78 is 2.72. The van der Waals surface area contributed by atoms with Crippen molar-refractivity contribution in [3.63, 3.8) is 0 Å². The van der Waals surface area contributed by atoms with Gasteiger partial charge < -0.3 is 15.6 Å². The van der Waals surface area contributed by atoms with Gasteiger partial charge in [-0.3, -0.25) is 9.59 Å². The van der Waals surface area contributed by atoms with Gasteiger partial charge in [-0.1, -0.05) is 6.07 Å². The predicted octanol–water partition coefficient (Wildman–Crippen LogP) is 3.49. The Morgan fingerprint density at radius 2 is 2.00 bits per heavy atom. The number of primary amides is 1. The molecule has 0 bridgehead atoms. The van der Waals surface area contributed by atoms with E-state index in [0.717, 1.165) is 4.47 Å². The van der Waals surface area contributed by atoms with E-state index < -0.39 is 5.91 Å². The molecule has 0 atom stereocenters. The zero-order chi connectivity index (χ0) is 16.4. The summed E-state index contributed by atoms with van der Waals surface area (Å²) in [6.07, 6.45) is 1.87. The molecule has 0 aliphatic heterocycles. The second kappa shape index (κ2) is 6.36. The van der Waals surface area contributed by atoms with Crippen molar-refractivity contribution < 1.29 is 9.59 Å². The molecule has 0 unspecified atom stereocenters. The van der Waals surface area contributed by atoms with Crippen molar-refractivity contribution in [1.29, 1.82) is 0 Å². The highest BCUT2D eigenvalue weighted by atomic mass is 79.9. The molecule has 5 nitrogen and oxygen atoms in total. The summed E-state index contributed by atoms with van der Waals surface area (Å²) in [6, 6.07) is 7.01. The number of hydrogen-bond acceptors (Lipinski definition) is 2. The van der Waals surface area contributed by atoms with Crippen molar-refractivity contribution in [3.05, 3.63) is 51.8 Å². The topological polar surface area (TPSA) is 77.1 Å². The highest BCUT2D eigenvalue weighted by molar-refractivity contribution is 9.10. The third-order valence-electron chi connectivity index (χ3n) is 3.45. The standard InChI is InChI=1S/C16H18BrN3O2/c1-9(2)20-8-11(17)7-14(20)16(22)19-13-6-4-5-12(10(13)3)15(18)21/h4-9H,1-3H3,(H2,18,21)(H,19,22). The summed E-state index contributed by atoms with van der Waals surface area (Å²) in [5.74, 6) is -0.744. The predicted molar refractivity (Wildman–Crippen MR) is 90.2 cm³/mol. The summed E-state index contributed by atoms with van der Waals surface area (Å²) >= 11 is 3.39. The van der Waals surface area contributed by atoms with Gasteiger partial charge in [0.05, 0.1) is 0 Å². The second-order valence-electron chi connectivity index (χ2n) is 5.34. The normalized spacial score (nSPS) is 10.8. The number of hydrogen-bond donors (Lipinski definition) is 2. The van der Waals surface area contributed by atoms with E-state index >= 15 is 0 Å². The summed E-state index contributed by atoms with van der Waals surface area (Å²) in [4.78, 5) is 23.9. The van der Waals surface area contributed by atoms with E-state index in [1.54, 1.807) is 31.2 Å². The highest BCUT2D eigenvalue weighted by Crippen LogP contribution is 2.23. The van der Waals surface area contributed by atoms with Crippen molar-refractivity contribution >= 4 is 33.4 Å². The molecular weight excluding hydrogens is 346 g/mol. The van der Waals surface area contributed by atoms with Crippen LogP contribution in [0.3, 0.4) is 0 Å². The van der Waals surface area contributed by atoms with E-state index in [4.69, 9.17) is 5.73 Å². The minimum Gasteiger partial charge on any atom is -0.366 e. The van der Waals surface area contributed by atoms with Gasteiger partial charge in [0.25, 0.3) is 5.91 Å². The quantitative estimate of drug-likeness (QED) is 0.871. The molecule has 0 spiro atoms. The summed E-state index contributed by atoms with van der Waals surface area (Å²) in [5, 5.41) is 2.84. The Morgan fingerprint density at radius 3 is 2.59 bits per heavy atom. The Labute approximate surface area is 137 Å². The first-order valence-corrected chi connectivity index (χ1v) is 7.68. The number of anilines is 1. The van der Waals surface area contributed by atoms with E-state index in [0.29, 0.717) is 22.5 Å². The minimum atomic E-state index is -0.512. The van der Waals surface area contributed by atoms with Crippen LogP contribution >= 0.6 is 15.9 Å². The molecule has 0 aliphatic carbocycles. The Morgan fingerprint density at radius 1 is 1.32 bits per heavy atom. The molecule has 2 rings (SSSR count). The number of halogens is 1. The fourth-order valence-corrected chi connectivity index (χ4v) is 2.72. The van der Waals surface area contributed by atoms with Crippen LogP contribution in [0.5, 0.6) is 0 Å². The third-order valence-corrected chi connectivity index (χ3v) is 3.89. The van der Waals surface area contributed by atoms with Crippen LogP contribution in [0.1, 0.15) is 46.3 Å². The maximum atomic E-state index is 12.5. The first kappa shape index (κ1) is 16.3. The molecule has 0 fully saturated rings. The van der Waals surface area contributed by atoms with Crippen LogP contribution in [0.4, 0.5) is 5.69 Å². The van der Waals surface area contributed by atoms with E-state index in [2.05, 4.69) is 21.2 Å². The lowest BCUT2D eigenvalue weighted by atomic mass is 10.1. The molecule has 1 aromatic heterocycles. The first-order chi connectivity index (χ1) is 10.3. The van der Waals surface area contributed by atoms with Crippen LogP contribution < -0.4 is 11.1 Å². The lowest BCUT2D eigenvalue weighted by Crippen LogP contribution is -2.19. The van der Waals surface area contributed by atoms with Crippen molar-refractivity contribution in [3.8, 4) is 0 Å². The third kappa shape index (κ3) is 3.22. The number of nitrogens with one attached hydrogen (secondary N) is 1. The summed E-state index contributed by atoms with van der Waals surface area (Å²) in [5.41, 5.74) is 7.51. The molecule has 0 saturated heterocycles. The van der Waals surface area contributed by atoms with Gasteiger partial charge in [-0.25, -0.2) is 0 Å². The maximum absolute atomic E-state index is 12.5. The Kier molecular flexibility index (Phi) is 4.71. The zero-order valence-corrected chi connectivity index (χ0v) is 14.3. The molecule has 3 N–H and O–H groups in total. The van der Waals surface area contributed by atoms with Crippen LogP contribution in [0.2, 0.25) is 0 Å². The largest absolute Gasteiger partial charge is 0.366 e. The molecule has 2 amide bonds. The van der Waals surface area contributed by atoms with Crippen LogP contribution in [0.15, 0.2) is 34.9 Å². The molecule has 6 heteroatoms. The van der Waals surface area contributed by atoms with Crippen molar-refractivity contribution in [2.24, 2.45) is 5.73 Å². The Hall–Kier alpha value is -2.08. The van der Waals surface area contributed by atoms with Gasteiger partial charge in [-0.05, 0) is 60.5 Å². The summed E-state index contributed by atoms with van der Waals surface area (Å²) in [7, 11) is 0. The van der Waals surface area contributed by atoms with E-state index in [-0.39, 0.29) is 11.9 Å². The number of amides is 2. The Balaban J connectivity index is 2.34. The van der Waals surface area contributed by atoms with Crippen LogP contribution in [0.25, 0.3) is 0 Å². The van der Waals surface area contributed by atoms with Gasteiger partial charge in [0.2, 0.25) is 5.91 Å². The molecule has 0 saturated carbocycles. The van der Waals surface area contributed by atoms with Crippen LogP contribution in [-0.4, -0.2) is 16.4 Å². The molecule has 1 heterocycles. The van der Waals surface area contributed by atoms with Gasteiger partial charge in [0, 0.05) is 28.0 Å². The number of nitrogens with zero attached hydrogens (tertiary/aromatic N) is 1. The second-order valence-corrected chi connectivity index (χ2v) is 6.26. The lowest BCUT2D eigenvalue weighted by molar-refractivity contribution is 0.0993. The van der Waals surface area contributed by atoms with Crippen molar-refractivity contribution in [2.75, 3.05) is 5.32 Å². The number of carbonyl (C=O) groups excluding carboxylic acids is 2. The molecule has 22 heavy (non-hydrogen) atoms. The minimum absolute atomic E-state index is 0.158. The van der Waals surface area contributed by atoms with Gasteiger partial charge in [-0.15, -0.1) is 0 Å². The average Bonchev–Trinajstić information content (AvgIpc) is 2.83. The fraction of sp³-hybridized carbons (Fsp3) is 0.250. The number of rotatable bonds is 4. The SMILES string of the molecule is Cc1c(NC(=O)c2cc(Br)cn2C(C)C)cccc1C(N)=O. The molecule has 1 aromatic carbocycles. The number of aromatic nitrogens is 1. The lowest BCUT2D eigenvalue weighted by Gasteiger charge is -2.14. The monoisotopic (exact) mass is 363 g/mol. The van der Waals surface area contributed by atoms with Gasteiger partial charge in [0.1, 0.15) is 5.69 Å². The van der Waals surface area contributed by atoms with Crippen LogP contribution in [0, 0.1) is 6.92 Å². The molecular formula is C16H18BrN3O2. The average molecular weight is 364 g/mol. The number of carbonyl (C=O) groups is 2. The highest BCUT2D eigenvalue weighted by Gasteiger charge is 2.17. The van der Waals surface area contributed by atoms with E-state index in [1.165, 1.54) is 0 Å². The van der Waals surface area contributed by atoms with E-state index in [9.17, 15) is 9.59 Å².